The lowest BCUT2D eigenvalue weighted by molar-refractivity contribution is 0.0940. The summed E-state index contributed by atoms with van der Waals surface area (Å²) in [5.41, 5.74) is 3.41. The molecule has 0 radical (unpaired) electrons. The Labute approximate surface area is 184 Å². The number of benzene rings is 3. The summed E-state index contributed by atoms with van der Waals surface area (Å²) in [6.07, 6.45) is 0. The Morgan fingerprint density at radius 2 is 1.55 bits per heavy atom. The zero-order valence-electron chi connectivity index (χ0n) is 18.1. The van der Waals surface area contributed by atoms with Gasteiger partial charge in [0.25, 0.3) is 5.91 Å². The van der Waals surface area contributed by atoms with Crippen molar-refractivity contribution in [3.8, 4) is 0 Å². The Morgan fingerprint density at radius 3 is 2.13 bits per heavy atom. The summed E-state index contributed by atoms with van der Waals surface area (Å²) in [6, 6.07) is 23.6. The van der Waals surface area contributed by atoms with E-state index in [0.717, 1.165) is 16.7 Å². The molecular weight excluding hydrogens is 408 g/mol. The molecule has 1 N–H and O–H groups in total. The highest BCUT2D eigenvalue weighted by Gasteiger charge is 2.23. The van der Waals surface area contributed by atoms with E-state index in [0.29, 0.717) is 12.1 Å². The van der Waals surface area contributed by atoms with Gasteiger partial charge in [-0.25, -0.2) is 8.42 Å². The SMILES string of the molecule is CCN(Cc1ccc(C(=O)NC(C)c2ccccc2)cc1)S(=O)(=O)c1ccc(C)cc1. The van der Waals surface area contributed by atoms with Gasteiger partial charge in [-0.05, 0) is 49.2 Å². The largest absolute Gasteiger partial charge is 0.346 e. The molecule has 6 heteroatoms. The van der Waals surface area contributed by atoms with Crippen molar-refractivity contribution >= 4 is 15.9 Å². The van der Waals surface area contributed by atoms with Crippen molar-refractivity contribution in [3.05, 3.63) is 101 Å². The van der Waals surface area contributed by atoms with Gasteiger partial charge in [0, 0.05) is 18.7 Å². The molecule has 1 atom stereocenters. The van der Waals surface area contributed by atoms with E-state index in [9.17, 15) is 13.2 Å². The van der Waals surface area contributed by atoms with Crippen LogP contribution in [0.3, 0.4) is 0 Å². The Balaban J connectivity index is 1.69. The maximum Gasteiger partial charge on any atom is 0.251 e. The van der Waals surface area contributed by atoms with Crippen molar-refractivity contribution in [2.75, 3.05) is 6.54 Å². The summed E-state index contributed by atoms with van der Waals surface area (Å²) >= 11 is 0. The summed E-state index contributed by atoms with van der Waals surface area (Å²) < 4.78 is 27.4. The van der Waals surface area contributed by atoms with Crippen molar-refractivity contribution in [1.82, 2.24) is 9.62 Å². The molecule has 1 amide bonds. The molecule has 0 saturated heterocycles. The zero-order chi connectivity index (χ0) is 22.4. The lowest BCUT2D eigenvalue weighted by Crippen LogP contribution is -2.30. The highest BCUT2D eigenvalue weighted by molar-refractivity contribution is 7.89. The molecule has 3 rings (SSSR count). The van der Waals surface area contributed by atoms with E-state index in [4.69, 9.17) is 0 Å². The third-order valence-corrected chi connectivity index (χ3v) is 7.17. The Morgan fingerprint density at radius 1 is 0.935 bits per heavy atom. The number of hydrogen-bond donors (Lipinski definition) is 1. The first kappa shape index (κ1) is 22.7. The monoisotopic (exact) mass is 436 g/mol. The number of carbonyl (C=O) groups excluding carboxylic acids is 1. The second-order valence-electron chi connectivity index (χ2n) is 7.55. The van der Waals surface area contributed by atoms with Gasteiger partial charge >= 0.3 is 0 Å². The van der Waals surface area contributed by atoms with Crippen LogP contribution in [0.1, 0.15) is 46.9 Å². The minimum atomic E-state index is -3.59. The van der Waals surface area contributed by atoms with Crippen LogP contribution in [-0.4, -0.2) is 25.2 Å². The van der Waals surface area contributed by atoms with Crippen LogP contribution in [-0.2, 0) is 16.6 Å². The van der Waals surface area contributed by atoms with E-state index < -0.39 is 10.0 Å². The number of hydrogen-bond acceptors (Lipinski definition) is 3. The minimum Gasteiger partial charge on any atom is -0.346 e. The number of sulfonamides is 1. The highest BCUT2D eigenvalue weighted by Crippen LogP contribution is 2.19. The normalized spacial score (nSPS) is 12.5. The maximum absolute atomic E-state index is 13.0. The molecule has 5 nitrogen and oxygen atoms in total. The van der Waals surface area contributed by atoms with Gasteiger partial charge in [0.05, 0.1) is 10.9 Å². The van der Waals surface area contributed by atoms with Gasteiger partial charge in [-0.2, -0.15) is 4.31 Å². The van der Waals surface area contributed by atoms with Crippen molar-refractivity contribution in [3.63, 3.8) is 0 Å². The summed E-state index contributed by atoms with van der Waals surface area (Å²) in [7, 11) is -3.59. The van der Waals surface area contributed by atoms with Crippen LogP contribution in [0.4, 0.5) is 0 Å². The number of rotatable bonds is 8. The number of aryl methyl sites for hydroxylation is 1. The Hall–Kier alpha value is -2.96. The third-order valence-electron chi connectivity index (χ3n) is 5.23. The predicted octanol–water partition coefficient (Wildman–Crippen LogP) is 4.70. The smallest absolute Gasteiger partial charge is 0.251 e. The molecule has 162 valence electrons. The van der Waals surface area contributed by atoms with Crippen LogP contribution in [0.25, 0.3) is 0 Å². The minimum absolute atomic E-state index is 0.108. The zero-order valence-corrected chi connectivity index (χ0v) is 18.9. The standard InChI is InChI=1S/C25H28N2O3S/c1-4-27(31(29,30)24-16-10-19(2)11-17-24)18-21-12-14-23(15-13-21)25(28)26-20(3)22-8-6-5-7-9-22/h5-17,20H,4,18H2,1-3H3,(H,26,28). The van der Waals surface area contributed by atoms with Crippen molar-refractivity contribution in [2.45, 2.75) is 38.3 Å². The molecule has 0 aliphatic rings. The molecule has 0 spiro atoms. The predicted molar refractivity (Wildman–Crippen MR) is 123 cm³/mol. The highest BCUT2D eigenvalue weighted by atomic mass is 32.2. The second kappa shape index (κ2) is 9.90. The van der Waals surface area contributed by atoms with Crippen LogP contribution in [0.15, 0.2) is 83.8 Å². The van der Waals surface area contributed by atoms with Crippen molar-refractivity contribution < 1.29 is 13.2 Å². The number of carbonyl (C=O) groups is 1. The molecule has 0 aliphatic carbocycles. The van der Waals surface area contributed by atoms with E-state index in [1.165, 1.54) is 4.31 Å². The first-order valence-corrected chi connectivity index (χ1v) is 11.8. The van der Waals surface area contributed by atoms with Gasteiger partial charge in [-0.3, -0.25) is 4.79 Å². The molecule has 0 aromatic heterocycles. The molecule has 3 aromatic rings. The summed E-state index contributed by atoms with van der Waals surface area (Å²) in [6.45, 7) is 6.28. The molecular formula is C25H28N2O3S. The first-order chi connectivity index (χ1) is 14.8. The van der Waals surface area contributed by atoms with Crippen LogP contribution < -0.4 is 5.32 Å². The Bertz CT molecular complexity index is 1110. The van der Waals surface area contributed by atoms with Gasteiger partial charge in [0.15, 0.2) is 0 Å². The van der Waals surface area contributed by atoms with Crippen molar-refractivity contribution in [2.24, 2.45) is 0 Å². The topological polar surface area (TPSA) is 66.5 Å². The molecule has 31 heavy (non-hydrogen) atoms. The van der Waals surface area contributed by atoms with Crippen molar-refractivity contribution in [1.29, 1.82) is 0 Å². The number of nitrogens with one attached hydrogen (secondary N) is 1. The summed E-state index contributed by atoms with van der Waals surface area (Å²) in [4.78, 5) is 12.9. The van der Waals surface area contributed by atoms with E-state index in [2.05, 4.69) is 5.32 Å². The molecule has 0 bridgehead atoms. The van der Waals surface area contributed by atoms with Crippen LogP contribution >= 0.6 is 0 Å². The fourth-order valence-corrected chi connectivity index (χ4v) is 4.73. The van der Waals surface area contributed by atoms with Crippen LogP contribution in [0.5, 0.6) is 0 Å². The summed E-state index contributed by atoms with van der Waals surface area (Å²) in [5, 5.41) is 2.99. The average Bonchev–Trinajstić information content (AvgIpc) is 2.78. The fraction of sp³-hybridized carbons (Fsp3) is 0.240. The lowest BCUT2D eigenvalue weighted by atomic mass is 10.1. The van der Waals surface area contributed by atoms with E-state index in [1.54, 1.807) is 48.5 Å². The lowest BCUT2D eigenvalue weighted by Gasteiger charge is -2.21. The van der Waals surface area contributed by atoms with E-state index >= 15 is 0 Å². The molecule has 3 aromatic carbocycles. The van der Waals surface area contributed by atoms with E-state index in [1.807, 2.05) is 51.1 Å². The van der Waals surface area contributed by atoms with Gasteiger partial charge in [0.1, 0.15) is 0 Å². The third kappa shape index (κ3) is 5.60. The Kier molecular flexibility index (Phi) is 7.25. The second-order valence-corrected chi connectivity index (χ2v) is 9.48. The molecule has 0 heterocycles. The molecule has 1 unspecified atom stereocenters. The molecule has 0 aliphatic heterocycles. The van der Waals surface area contributed by atoms with Gasteiger partial charge in [0.2, 0.25) is 10.0 Å². The quantitative estimate of drug-likeness (QED) is 0.557. The summed E-state index contributed by atoms with van der Waals surface area (Å²) in [5.74, 6) is -0.164. The maximum atomic E-state index is 13.0. The van der Waals surface area contributed by atoms with Gasteiger partial charge in [-0.1, -0.05) is 67.1 Å². The van der Waals surface area contributed by atoms with E-state index in [-0.39, 0.29) is 23.4 Å². The molecule has 0 saturated carbocycles. The molecule has 0 fully saturated rings. The van der Waals surface area contributed by atoms with Gasteiger partial charge in [-0.15, -0.1) is 0 Å². The van der Waals surface area contributed by atoms with Crippen LogP contribution in [0.2, 0.25) is 0 Å². The fourth-order valence-electron chi connectivity index (χ4n) is 3.30. The van der Waals surface area contributed by atoms with Gasteiger partial charge < -0.3 is 5.32 Å². The average molecular weight is 437 g/mol. The number of amides is 1. The first-order valence-electron chi connectivity index (χ1n) is 10.3. The number of nitrogens with zero attached hydrogens (tertiary/aromatic N) is 1. The van der Waals surface area contributed by atoms with Crippen LogP contribution in [0, 0.1) is 6.92 Å².